The van der Waals surface area contributed by atoms with Crippen molar-refractivity contribution in [3.8, 4) is 5.69 Å². The van der Waals surface area contributed by atoms with Crippen LogP contribution in [0.1, 0.15) is 11.3 Å². The molecule has 5 heteroatoms. The summed E-state index contributed by atoms with van der Waals surface area (Å²) in [5.74, 6) is 0. The lowest BCUT2D eigenvalue weighted by atomic mass is 10.1. The SMILES string of the molecule is Clc1cccc(-n2cccc2CNCCc2c[nH]c3ccccc23)c1Cl. The summed E-state index contributed by atoms with van der Waals surface area (Å²) in [5.41, 5.74) is 4.57. The maximum atomic E-state index is 6.36. The number of hydrogen-bond donors (Lipinski definition) is 2. The third-order valence-electron chi connectivity index (χ3n) is 4.58. The predicted molar refractivity (Wildman–Crippen MR) is 109 cm³/mol. The van der Waals surface area contributed by atoms with Crippen LogP contribution in [0.5, 0.6) is 0 Å². The van der Waals surface area contributed by atoms with Gasteiger partial charge in [-0.05, 0) is 48.9 Å². The van der Waals surface area contributed by atoms with Gasteiger partial charge < -0.3 is 14.9 Å². The minimum Gasteiger partial charge on any atom is -0.361 e. The summed E-state index contributed by atoms with van der Waals surface area (Å²) in [5, 5.41) is 5.96. The van der Waals surface area contributed by atoms with E-state index >= 15 is 0 Å². The quantitative estimate of drug-likeness (QED) is 0.417. The van der Waals surface area contributed by atoms with Crippen LogP contribution in [0.3, 0.4) is 0 Å². The number of benzene rings is 2. The molecule has 2 N–H and O–H groups in total. The van der Waals surface area contributed by atoms with Crippen molar-refractivity contribution in [2.24, 2.45) is 0 Å². The average molecular weight is 384 g/mol. The third kappa shape index (κ3) is 3.38. The van der Waals surface area contributed by atoms with Gasteiger partial charge in [-0.1, -0.05) is 47.5 Å². The zero-order valence-electron chi connectivity index (χ0n) is 14.2. The fourth-order valence-corrected chi connectivity index (χ4v) is 3.64. The molecule has 0 aliphatic heterocycles. The third-order valence-corrected chi connectivity index (χ3v) is 5.39. The first kappa shape index (κ1) is 17.2. The monoisotopic (exact) mass is 383 g/mol. The van der Waals surface area contributed by atoms with Crippen molar-refractivity contribution in [1.29, 1.82) is 0 Å². The Bertz CT molecular complexity index is 1030. The number of nitrogens with zero attached hydrogens (tertiary/aromatic N) is 1. The van der Waals surface area contributed by atoms with E-state index in [-0.39, 0.29) is 0 Å². The predicted octanol–water partition coefficient (Wildman–Crippen LogP) is 5.60. The topological polar surface area (TPSA) is 32.8 Å². The van der Waals surface area contributed by atoms with E-state index in [9.17, 15) is 0 Å². The van der Waals surface area contributed by atoms with E-state index in [1.165, 1.54) is 16.5 Å². The molecule has 132 valence electrons. The molecule has 4 rings (SSSR count). The molecule has 2 aromatic heterocycles. The van der Waals surface area contributed by atoms with Gasteiger partial charge >= 0.3 is 0 Å². The van der Waals surface area contributed by atoms with Crippen molar-refractivity contribution in [1.82, 2.24) is 14.9 Å². The lowest BCUT2D eigenvalue weighted by molar-refractivity contribution is 0.667. The second kappa shape index (κ2) is 7.58. The van der Waals surface area contributed by atoms with E-state index in [4.69, 9.17) is 23.2 Å². The average Bonchev–Trinajstić information content (AvgIpc) is 3.28. The Morgan fingerprint density at radius 2 is 1.85 bits per heavy atom. The molecular weight excluding hydrogens is 365 g/mol. The smallest absolute Gasteiger partial charge is 0.0832 e. The van der Waals surface area contributed by atoms with E-state index in [2.05, 4.69) is 51.4 Å². The number of rotatable bonds is 6. The molecule has 0 fully saturated rings. The van der Waals surface area contributed by atoms with Gasteiger partial charge in [0, 0.05) is 35.5 Å². The number of halogens is 2. The summed E-state index contributed by atoms with van der Waals surface area (Å²) in [6.45, 7) is 1.66. The Morgan fingerprint density at radius 3 is 2.77 bits per heavy atom. The van der Waals surface area contributed by atoms with Crippen LogP contribution in [0.15, 0.2) is 67.0 Å². The first-order valence-electron chi connectivity index (χ1n) is 8.60. The maximum absolute atomic E-state index is 6.36. The van der Waals surface area contributed by atoms with E-state index in [0.29, 0.717) is 10.0 Å². The second-order valence-electron chi connectivity index (χ2n) is 6.23. The highest BCUT2D eigenvalue weighted by Gasteiger charge is 2.09. The van der Waals surface area contributed by atoms with Gasteiger partial charge in [-0.15, -0.1) is 0 Å². The Kier molecular flexibility index (Phi) is 5.02. The molecule has 0 radical (unpaired) electrons. The Labute approximate surface area is 162 Å². The summed E-state index contributed by atoms with van der Waals surface area (Å²) in [7, 11) is 0. The second-order valence-corrected chi connectivity index (χ2v) is 7.01. The lowest BCUT2D eigenvalue weighted by Crippen LogP contribution is -2.18. The molecule has 0 bridgehead atoms. The van der Waals surface area contributed by atoms with Gasteiger partial charge in [0.05, 0.1) is 15.7 Å². The van der Waals surface area contributed by atoms with Crippen LogP contribution in [0.2, 0.25) is 10.0 Å². The maximum Gasteiger partial charge on any atom is 0.0832 e. The number of para-hydroxylation sites is 1. The molecule has 0 atom stereocenters. The van der Waals surface area contributed by atoms with Crippen LogP contribution >= 0.6 is 23.2 Å². The fourth-order valence-electron chi connectivity index (χ4n) is 3.25. The summed E-state index contributed by atoms with van der Waals surface area (Å²) in [6, 6.07) is 18.2. The molecule has 26 heavy (non-hydrogen) atoms. The van der Waals surface area contributed by atoms with Crippen molar-refractivity contribution in [3.05, 3.63) is 88.3 Å². The first-order valence-corrected chi connectivity index (χ1v) is 9.36. The molecule has 4 aromatic rings. The van der Waals surface area contributed by atoms with Gasteiger partial charge in [-0.2, -0.15) is 0 Å². The van der Waals surface area contributed by atoms with Crippen LogP contribution in [-0.4, -0.2) is 16.1 Å². The van der Waals surface area contributed by atoms with Crippen LogP contribution in [-0.2, 0) is 13.0 Å². The Balaban J connectivity index is 1.42. The minimum atomic E-state index is 0.566. The van der Waals surface area contributed by atoms with Gasteiger partial charge in [0.25, 0.3) is 0 Å². The number of fused-ring (bicyclic) bond motifs is 1. The van der Waals surface area contributed by atoms with Gasteiger partial charge in [0.2, 0.25) is 0 Å². The molecule has 2 heterocycles. The molecule has 0 amide bonds. The zero-order chi connectivity index (χ0) is 17.9. The van der Waals surface area contributed by atoms with E-state index in [1.54, 1.807) is 6.07 Å². The summed E-state index contributed by atoms with van der Waals surface area (Å²) >= 11 is 12.5. The van der Waals surface area contributed by atoms with Gasteiger partial charge in [0.15, 0.2) is 0 Å². The number of nitrogens with one attached hydrogen (secondary N) is 2. The molecule has 3 nitrogen and oxygen atoms in total. The van der Waals surface area contributed by atoms with Crippen molar-refractivity contribution in [2.45, 2.75) is 13.0 Å². The lowest BCUT2D eigenvalue weighted by Gasteiger charge is -2.12. The molecule has 0 unspecified atom stereocenters. The zero-order valence-corrected chi connectivity index (χ0v) is 15.7. The molecule has 0 saturated carbocycles. The summed E-state index contributed by atoms with van der Waals surface area (Å²) in [6.07, 6.45) is 5.08. The standard InChI is InChI=1S/C21H19Cl2N3/c22-18-7-3-9-20(21(18)23)26-12-4-5-16(26)14-24-11-10-15-13-25-19-8-2-1-6-17(15)19/h1-9,12-13,24-25H,10-11,14H2. The Hall–Kier alpha value is -2.20. The number of aromatic amines is 1. The highest BCUT2D eigenvalue weighted by atomic mass is 35.5. The summed E-state index contributed by atoms with van der Waals surface area (Å²) in [4.78, 5) is 3.33. The van der Waals surface area contributed by atoms with Crippen LogP contribution in [0.25, 0.3) is 16.6 Å². The summed E-state index contributed by atoms with van der Waals surface area (Å²) < 4.78 is 2.08. The van der Waals surface area contributed by atoms with Crippen LogP contribution < -0.4 is 5.32 Å². The van der Waals surface area contributed by atoms with Gasteiger partial charge in [0.1, 0.15) is 0 Å². The minimum absolute atomic E-state index is 0.566. The van der Waals surface area contributed by atoms with E-state index in [0.717, 1.165) is 30.9 Å². The fraction of sp³-hybridized carbons (Fsp3) is 0.143. The van der Waals surface area contributed by atoms with E-state index in [1.807, 2.05) is 24.4 Å². The largest absolute Gasteiger partial charge is 0.361 e. The highest BCUT2D eigenvalue weighted by Crippen LogP contribution is 2.29. The number of H-pyrrole nitrogens is 1. The van der Waals surface area contributed by atoms with Crippen molar-refractivity contribution < 1.29 is 0 Å². The van der Waals surface area contributed by atoms with Gasteiger partial charge in [-0.3, -0.25) is 0 Å². The van der Waals surface area contributed by atoms with Crippen molar-refractivity contribution in [3.63, 3.8) is 0 Å². The molecule has 0 spiro atoms. The molecule has 0 aliphatic carbocycles. The first-order chi connectivity index (χ1) is 12.7. The van der Waals surface area contributed by atoms with Crippen molar-refractivity contribution >= 4 is 34.1 Å². The van der Waals surface area contributed by atoms with Gasteiger partial charge in [-0.25, -0.2) is 0 Å². The van der Waals surface area contributed by atoms with Crippen LogP contribution in [0.4, 0.5) is 0 Å². The molecule has 0 saturated heterocycles. The molecule has 0 aliphatic rings. The molecule has 2 aromatic carbocycles. The Morgan fingerprint density at radius 1 is 0.962 bits per heavy atom. The normalized spacial score (nSPS) is 11.3. The highest BCUT2D eigenvalue weighted by molar-refractivity contribution is 6.43. The molecular formula is C21H19Cl2N3. The number of hydrogen-bond acceptors (Lipinski definition) is 1. The van der Waals surface area contributed by atoms with E-state index < -0.39 is 0 Å². The number of aromatic nitrogens is 2. The van der Waals surface area contributed by atoms with Crippen molar-refractivity contribution in [2.75, 3.05) is 6.54 Å². The van der Waals surface area contributed by atoms with Crippen LogP contribution in [0, 0.1) is 0 Å².